The zero-order chi connectivity index (χ0) is 26.9. The van der Waals surface area contributed by atoms with Crippen molar-refractivity contribution in [1.82, 2.24) is 25.1 Å². The van der Waals surface area contributed by atoms with Gasteiger partial charge in [-0.25, -0.2) is 4.98 Å². The zero-order valence-corrected chi connectivity index (χ0v) is 22.5. The predicted molar refractivity (Wildman–Crippen MR) is 158 cm³/mol. The van der Waals surface area contributed by atoms with Gasteiger partial charge in [0, 0.05) is 45.9 Å². The maximum atomic E-state index is 4.63. The molecule has 192 valence electrons. The average Bonchev–Trinajstić information content (AvgIpc) is 3.61. The van der Waals surface area contributed by atoms with E-state index in [0.717, 1.165) is 69.0 Å². The third kappa shape index (κ3) is 5.30. The Balaban J connectivity index is 1.48. The van der Waals surface area contributed by atoms with Gasteiger partial charge < -0.3 is 10.3 Å². The molecular weight excluding hydrogens is 468 g/mol. The summed E-state index contributed by atoms with van der Waals surface area (Å²) in [6.07, 6.45) is 17.8. The number of pyridine rings is 2. The standard InChI is InChI=1S/C32H34N6/c1-7-10-26(22-11-8-9-12-22)27-15-29(36-21(27)3)30-28-14-24(18-34-31(28)38-37-30)23-13-25(19-33-17-23)35-20(2)16-32(4,5)6/h7-8,10-15,17-19,35-36H,1-2,9,16H2,3-6H3,(H,34,37,38)/b26-10-. The van der Waals surface area contributed by atoms with Gasteiger partial charge in [-0.1, -0.05) is 64.3 Å². The lowest BCUT2D eigenvalue weighted by Crippen LogP contribution is -2.10. The Bertz CT molecular complexity index is 1620. The molecule has 0 spiro atoms. The first-order chi connectivity index (χ1) is 18.2. The van der Waals surface area contributed by atoms with Gasteiger partial charge in [0.15, 0.2) is 5.65 Å². The molecule has 3 N–H and O–H groups in total. The number of nitrogens with zero attached hydrogens (tertiary/aromatic N) is 3. The van der Waals surface area contributed by atoms with Crippen molar-refractivity contribution in [2.45, 2.75) is 40.5 Å². The minimum absolute atomic E-state index is 0.158. The highest BCUT2D eigenvalue weighted by atomic mass is 15.2. The van der Waals surface area contributed by atoms with Crippen LogP contribution in [0.3, 0.4) is 0 Å². The molecule has 5 rings (SSSR count). The number of aryl methyl sites for hydroxylation is 1. The van der Waals surface area contributed by atoms with Crippen molar-refractivity contribution >= 4 is 22.3 Å². The lowest BCUT2D eigenvalue weighted by Gasteiger charge is -2.20. The van der Waals surface area contributed by atoms with E-state index in [9.17, 15) is 0 Å². The van der Waals surface area contributed by atoms with Crippen molar-refractivity contribution in [2.75, 3.05) is 5.32 Å². The second kappa shape index (κ2) is 10.1. The van der Waals surface area contributed by atoms with Gasteiger partial charge >= 0.3 is 0 Å². The molecule has 38 heavy (non-hydrogen) atoms. The molecule has 0 unspecified atom stereocenters. The number of aromatic nitrogens is 5. The SMILES string of the molecule is C=C/C=C(/C1=CCC=C1)c1cc(-c2[nH]nc3ncc(-c4cncc(NC(=C)CC(C)(C)C)c4)cc23)[nH]c1C. The summed E-state index contributed by atoms with van der Waals surface area (Å²) in [6.45, 7) is 16.8. The first-order valence-corrected chi connectivity index (χ1v) is 12.9. The number of fused-ring (bicyclic) bond motifs is 1. The fraction of sp³-hybridized carbons (Fsp3) is 0.219. The van der Waals surface area contributed by atoms with E-state index in [1.165, 1.54) is 5.57 Å². The molecular formula is C32H34N6. The maximum absolute atomic E-state index is 4.63. The van der Waals surface area contributed by atoms with Crippen molar-refractivity contribution < 1.29 is 0 Å². The number of aromatic amines is 2. The van der Waals surface area contributed by atoms with E-state index in [1.54, 1.807) is 0 Å². The van der Waals surface area contributed by atoms with Crippen molar-refractivity contribution in [3.63, 3.8) is 0 Å². The Hall–Kier alpha value is -4.45. The molecule has 6 nitrogen and oxygen atoms in total. The maximum Gasteiger partial charge on any atom is 0.181 e. The van der Waals surface area contributed by atoms with Gasteiger partial charge in [-0.2, -0.15) is 5.10 Å². The van der Waals surface area contributed by atoms with Gasteiger partial charge in [0.25, 0.3) is 0 Å². The van der Waals surface area contributed by atoms with Crippen LogP contribution in [0.2, 0.25) is 0 Å². The van der Waals surface area contributed by atoms with Crippen LogP contribution in [0.5, 0.6) is 0 Å². The van der Waals surface area contributed by atoms with Crippen LogP contribution in [0.15, 0.2) is 91.6 Å². The third-order valence-corrected chi connectivity index (χ3v) is 6.49. The van der Waals surface area contributed by atoms with Crippen LogP contribution < -0.4 is 5.32 Å². The highest BCUT2D eigenvalue weighted by Gasteiger charge is 2.18. The Morgan fingerprint density at radius 1 is 1.13 bits per heavy atom. The van der Waals surface area contributed by atoms with E-state index in [0.29, 0.717) is 5.65 Å². The van der Waals surface area contributed by atoms with Crippen LogP contribution in [-0.4, -0.2) is 25.1 Å². The summed E-state index contributed by atoms with van der Waals surface area (Å²) in [6, 6.07) is 6.37. The summed E-state index contributed by atoms with van der Waals surface area (Å²) in [4.78, 5) is 12.6. The quantitative estimate of drug-likeness (QED) is 0.212. The first kappa shape index (κ1) is 25.2. The molecule has 0 aliphatic heterocycles. The van der Waals surface area contributed by atoms with Crippen molar-refractivity contribution in [1.29, 1.82) is 0 Å². The lowest BCUT2D eigenvalue weighted by molar-refractivity contribution is 0.411. The summed E-state index contributed by atoms with van der Waals surface area (Å²) in [7, 11) is 0. The second-order valence-electron chi connectivity index (χ2n) is 11.0. The molecule has 0 atom stereocenters. The molecule has 0 aromatic carbocycles. The van der Waals surface area contributed by atoms with Crippen molar-refractivity contribution in [2.24, 2.45) is 5.41 Å². The minimum Gasteiger partial charge on any atom is -0.358 e. The number of rotatable bonds is 8. The Kier molecular flexibility index (Phi) is 6.72. The van der Waals surface area contributed by atoms with E-state index < -0.39 is 0 Å². The molecule has 0 fully saturated rings. The smallest absolute Gasteiger partial charge is 0.181 e. The molecule has 0 saturated carbocycles. The topological polar surface area (TPSA) is 82.3 Å². The Morgan fingerprint density at radius 2 is 1.95 bits per heavy atom. The van der Waals surface area contributed by atoms with Gasteiger partial charge in [-0.3, -0.25) is 10.1 Å². The van der Waals surface area contributed by atoms with Crippen LogP contribution in [-0.2, 0) is 0 Å². The highest BCUT2D eigenvalue weighted by Crippen LogP contribution is 2.35. The number of anilines is 1. The largest absolute Gasteiger partial charge is 0.358 e. The van der Waals surface area contributed by atoms with Gasteiger partial charge in [-0.15, -0.1) is 0 Å². The van der Waals surface area contributed by atoms with Crippen molar-refractivity contribution in [3.8, 4) is 22.5 Å². The van der Waals surface area contributed by atoms with Crippen LogP contribution in [0.4, 0.5) is 5.69 Å². The molecule has 0 bridgehead atoms. The van der Waals surface area contributed by atoms with Crippen molar-refractivity contribution in [3.05, 3.63) is 103 Å². The average molecular weight is 503 g/mol. The van der Waals surface area contributed by atoms with E-state index >= 15 is 0 Å². The number of hydrogen-bond acceptors (Lipinski definition) is 4. The summed E-state index contributed by atoms with van der Waals surface area (Å²) >= 11 is 0. The molecule has 6 heteroatoms. The normalized spacial score (nSPS) is 13.7. The molecule has 0 radical (unpaired) electrons. The fourth-order valence-corrected chi connectivity index (χ4v) is 4.91. The number of allylic oxidation sites excluding steroid dienone is 8. The molecule has 0 amide bonds. The van der Waals surface area contributed by atoms with Crippen LogP contribution in [0.1, 0.15) is 44.9 Å². The first-order valence-electron chi connectivity index (χ1n) is 12.9. The van der Waals surface area contributed by atoms with Gasteiger partial charge in [0.2, 0.25) is 0 Å². The molecule has 4 heterocycles. The number of nitrogens with one attached hydrogen (secondary N) is 3. The molecule has 0 saturated heterocycles. The van der Waals surface area contributed by atoms with E-state index in [4.69, 9.17) is 0 Å². The summed E-state index contributed by atoms with van der Waals surface area (Å²) < 4.78 is 0. The summed E-state index contributed by atoms with van der Waals surface area (Å²) in [5, 5.41) is 12.0. The van der Waals surface area contributed by atoms with E-state index in [1.807, 2.05) is 24.7 Å². The molecule has 4 aromatic heterocycles. The third-order valence-electron chi connectivity index (χ3n) is 6.49. The lowest BCUT2D eigenvalue weighted by atomic mass is 9.91. The second-order valence-corrected chi connectivity index (χ2v) is 11.0. The summed E-state index contributed by atoms with van der Waals surface area (Å²) in [5.74, 6) is 0. The highest BCUT2D eigenvalue weighted by molar-refractivity contribution is 5.94. The molecule has 1 aliphatic rings. The van der Waals surface area contributed by atoms with Crippen LogP contribution in [0, 0.1) is 12.3 Å². The number of H-pyrrole nitrogens is 2. The van der Waals surface area contributed by atoms with E-state index in [-0.39, 0.29) is 5.41 Å². The van der Waals surface area contributed by atoms with Gasteiger partial charge in [-0.05, 0) is 54.5 Å². The monoisotopic (exact) mass is 502 g/mol. The molecule has 4 aromatic rings. The fourth-order valence-electron chi connectivity index (χ4n) is 4.91. The Labute approximate surface area is 224 Å². The van der Waals surface area contributed by atoms with Gasteiger partial charge in [0.1, 0.15) is 0 Å². The molecule has 1 aliphatic carbocycles. The van der Waals surface area contributed by atoms with Gasteiger partial charge in [0.05, 0.1) is 23.3 Å². The van der Waals surface area contributed by atoms with Crippen LogP contribution >= 0.6 is 0 Å². The minimum atomic E-state index is 0.158. The number of hydrogen-bond donors (Lipinski definition) is 3. The zero-order valence-electron chi connectivity index (χ0n) is 22.5. The van der Waals surface area contributed by atoms with Crippen LogP contribution in [0.25, 0.3) is 39.1 Å². The Morgan fingerprint density at radius 3 is 2.68 bits per heavy atom. The van der Waals surface area contributed by atoms with E-state index in [2.05, 4.69) is 114 Å². The summed E-state index contributed by atoms with van der Waals surface area (Å²) in [5.41, 5.74) is 11.1. The predicted octanol–water partition coefficient (Wildman–Crippen LogP) is 8.14.